The van der Waals surface area contributed by atoms with Crippen molar-refractivity contribution in [2.24, 2.45) is 0 Å². The van der Waals surface area contributed by atoms with Crippen LogP contribution in [0.3, 0.4) is 0 Å². The molecular formula is C17H14N2O3S. The normalized spacial score (nSPS) is 15.9. The molecule has 1 aliphatic heterocycles. The maximum absolute atomic E-state index is 12.2. The minimum atomic E-state index is -0.476. The van der Waals surface area contributed by atoms with Gasteiger partial charge in [-0.2, -0.15) is 0 Å². The first-order valence-electron chi connectivity index (χ1n) is 7.30. The molecule has 1 aromatic carbocycles. The van der Waals surface area contributed by atoms with Crippen LogP contribution in [0.5, 0.6) is 5.75 Å². The maximum atomic E-state index is 12.2. The number of thiophene rings is 1. The number of fused-ring (bicyclic) bond motifs is 1. The maximum Gasteiger partial charge on any atom is 0.261 e. The molecule has 0 spiro atoms. The summed E-state index contributed by atoms with van der Waals surface area (Å²) in [6.07, 6.45) is 1.69. The summed E-state index contributed by atoms with van der Waals surface area (Å²) in [6, 6.07) is 11.6. The first kappa shape index (κ1) is 14.0. The Kier molecular flexibility index (Phi) is 3.59. The number of carbonyl (C=O) groups excluding carboxylic acids is 1. The average molecular weight is 326 g/mol. The number of hydrogen-bond acceptors (Lipinski definition) is 5. The summed E-state index contributed by atoms with van der Waals surface area (Å²) < 4.78 is 11.1. The lowest BCUT2D eigenvalue weighted by molar-refractivity contribution is -0.127. The topological polar surface area (TPSA) is 64.4 Å². The molecule has 5 nitrogen and oxygen atoms in total. The van der Waals surface area contributed by atoms with E-state index in [9.17, 15) is 4.79 Å². The number of carbonyl (C=O) groups is 1. The van der Waals surface area contributed by atoms with Gasteiger partial charge in [-0.25, -0.2) is 4.98 Å². The number of aromatic nitrogens is 1. The monoisotopic (exact) mass is 326 g/mol. The molecule has 0 aliphatic carbocycles. The van der Waals surface area contributed by atoms with Crippen molar-refractivity contribution in [3.05, 3.63) is 59.3 Å². The van der Waals surface area contributed by atoms with E-state index in [4.69, 9.17) is 9.15 Å². The molecule has 6 heteroatoms. The molecule has 3 aromatic rings. The van der Waals surface area contributed by atoms with Crippen LogP contribution in [0.4, 0.5) is 0 Å². The second-order valence-electron chi connectivity index (χ2n) is 5.26. The van der Waals surface area contributed by atoms with Crippen molar-refractivity contribution >= 4 is 17.2 Å². The molecule has 23 heavy (non-hydrogen) atoms. The third-order valence-corrected chi connectivity index (χ3v) is 4.52. The molecule has 2 aromatic heterocycles. The molecule has 3 heterocycles. The SMILES string of the molecule is O=C(NCc1coc(-c2cccs2)n1)[C@@H]1Cc2ccccc2O1. The van der Waals surface area contributed by atoms with Crippen LogP contribution in [-0.2, 0) is 17.8 Å². The van der Waals surface area contributed by atoms with Gasteiger partial charge in [-0.1, -0.05) is 24.3 Å². The molecule has 1 aliphatic rings. The predicted octanol–water partition coefficient (Wildman–Crippen LogP) is 3.02. The van der Waals surface area contributed by atoms with Crippen LogP contribution in [0.15, 0.2) is 52.5 Å². The number of rotatable bonds is 4. The highest BCUT2D eigenvalue weighted by Gasteiger charge is 2.28. The van der Waals surface area contributed by atoms with Crippen molar-refractivity contribution in [1.82, 2.24) is 10.3 Å². The zero-order chi connectivity index (χ0) is 15.6. The van der Waals surface area contributed by atoms with Gasteiger partial charge in [-0.15, -0.1) is 11.3 Å². The van der Waals surface area contributed by atoms with Gasteiger partial charge in [0, 0.05) is 6.42 Å². The fraction of sp³-hybridized carbons (Fsp3) is 0.176. The number of nitrogens with one attached hydrogen (secondary N) is 1. The second kappa shape index (κ2) is 5.89. The number of para-hydroxylation sites is 1. The molecule has 1 N–H and O–H groups in total. The highest BCUT2D eigenvalue weighted by molar-refractivity contribution is 7.13. The van der Waals surface area contributed by atoms with Gasteiger partial charge >= 0.3 is 0 Å². The van der Waals surface area contributed by atoms with Crippen LogP contribution in [0.2, 0.25) is 0 Å². The summed E-state index contributed by atoms with van der Waals surface area (Å²) >= 11 is 1.56. The fourth-order valence-electron chi connectivity index (χ4n) is 2.52. The molecule has 0 saturated heterocycles. The van der Waals surface area contributed by atoms with E-state index < -0.39 is 6.10 Å². The van der Waals surface area contributed by atoms with Crippen LogP contribution >= 0.6 is 11.3 Å². The summed E-state index contributed by atoms with van der Waals surface area (Å²) in [5.41, 5.74) is 1.76. The third-order valence-electron chi connectivity index (χ3n) is 3.67. The Bertz CT molecular complexity index is 801. The van der Waals surface area contributed by atoms with E-state index in [-0.39, 0.29) is 5.91 Å². The lowest BCUT2D eigenvalue weighted by Gasteiger charge is -2.10. The largest absolute Gasteiger partial charge is 0.480 e. The quantitative estimate of drug-likeness (QED) is 0.800. The molecule has 0 radical (unpaired) electrons. The smallest absolute Gasteiger partial charge is 0.261 e. The van der Waals surface area contributed by atoms with Crippen molar-refractivity contribution in [2.45, 2.75) is 19.1 Å². The first-order chi connectivity index (χ1) is 11.3. The Morgan fingerprint density at radius 2 is 2.22 bits per heavy atom. The first-order valence-corrected chi connectivity index (χ1v) is 8.18. The summed E-state index contributed by atoms with van der Waals surface area (Å²) in [7, 11) is 0. The Hall–Kier alpha value is -2.60. The molecule has 4 rings (SSSR count). The van der Waals surface area contributed by atoms with E-state index >= 15 is 0 Å². The van der Waals surface area contributed by atoms with Gasteiger partial charge in [0.05, 0.1) is 17.1 Å². The Morgan fingerprint density at radius 3 is 3.04 bits per heavy atom. The molecular weight excluding hydrogens is 312 g/mol. The molecule has 116 valence electrons. The molecule has 1 amide bonds. The van der Waals surface area contributed by atoms with Crippen molar-refractivity contribution in [3.8, 4) is 16.5 Å². The van der Waals surface area contributed by atoms with Crippen LogP contribution < -0.4 is 10.1 Å². The van der Waals surface area contributed by atoms with E-state index in [2.05, 4.69) is 10.3 Å². The average Bonchev–Trinajstić information content (AvgIpc) is 3.31. The lowest BCUT2D eigenvalue weighted by Crippen LogP contribution is -2.37. The fourth-order valence-corrected chi connectivity index (χ4v) is 3.18. The van der Waals surface area contributed by atoms with Gasteiger partial charge in [0.15, 0.2) is 6.10 Å². The van der Waals surface area contributed by atoms with Crippen molar-refractivity contribution in [2.75, 3.05) is 0 Å². The van der Waals surface area contributed by atoms with Gasteiger partial charge in [0.25, 0.3) is 5.91 Å². The van der Waals surface area contributed by atoms with Gasteiger partial charge in [0.2, 0.25) is 5.89 Å². The zero-order valence-electron chi connectivity index (χ0n) is 12.2. The summed E-state index contributed by atoms with van der Waals surface area (Å²) in [5.74, 6) is 1.23. The molecule has 0 fully saturated rings. The summed E-state index contributed by atoms with van der Waals surface area (Å²) in [4.78, 5) is 17.6. The van der Waals surface area contributed by atoms with Crippen molar-refractivity contribution in [1.29, 1.82) is 0 Å². The van der Waals surface area contributed by atoms with Crippen molar-refractivity contribution < 1.29 is 13.9 Å². The van der Waals surface area contributed by atoms with E-state index in [0.717, 1.165) is 16.2 Å². The highest BCUT2D eigenvalue weighted by Crippen LogP contribution is 2.28. The van der Waals surface area contributed by atoms with E-state index in [0.29, 0.717) is 24.6 Å². The van der Waals surface area contributed by atoms with Crippen LogP contribution in [0.1, 0.15) is 11.3 Å². The predicted molar refractivity (Wildman–Crippen MR) is 86.2 cm³/mol. The van der Waals surface area contributed by atoms with Gasteiger partial charge < -0.3 is 14.5 Å². The number of benzene rings is 1. The molecule has 1 atom stereocenters. The van der Waals surface area contributed by atoms with Gasteiger partial charge in [-0.3, -0.25) is 4.79 Å². The minimum Gasteiger partial charge on any atom is -0.480 e. The molecule has 0 unspecified atom stereocenters. The Labute approximate surface area is 136 Å². The highest BCUT2D eigenvalue weighted by atomic mass is 32.1. The number of nitrogens with zero attached hydrogens (tertiary/aromatic N) is 1. The zero-order valence-corrected chi connectivity index (χ0v) is 13.0. The van der Waals surface area contributed by atoms with E-state index in [1.54, 1.807) is 17.6 Å². The van der Waals surface area contributed by atoms with E-state index in [1.165, 1.54) is 0 Å². The second-order valence-corrected chi connectivity index (χ2v) is 6.21. The van der Waals surface area contributed by atoms with Crippen LogP contribution in [0.25, 0.3) is 10.8 Å². The van der Waals surface area contributed by atoms with Crippen LogP contribution in [-0.4, -0.2) is 17.0 Å². The standard InChI is InChI=1S/C17H14N2O3S/c20-16(14-8-11-4-1-2-5-13(11)22-14)18-9-12-10-21-17(19-12)15-6-3-7-23-15/h1-7,10,14H,8-9H2,(H,18,20)/t14-/m0/s1. The van der Waals surface area contributed by atoms with Crippen LogP contribution in [0, 0.1) is 0 Å². The number of amides is 1. The number of oxazole rings is 1. The van der Waals surface area contributed by atoms with E-state index in [1.807, 2.05) is 41.8 Å². The lowest BCUT2D eigenvalue weighted by atomic mass is 10.1. The summed E-state index contributed by atoms with van der Waals surface area (Å²) in [6.45, 7) is 0.323. The number of ether oxygens (including phenoxy) is 1. The minimum absolute atomic E-state index is 0.137. The third kappa shape index (κ3) is 2.85. The van der Waals surface area contributed by atoms with Gasteiger partial charge in [0.1, 0.15) is 12.0 Å². The van der Waals surface area contributed by atoms with Crippen molar-refractivity contribution in [3.63, 3.8) is 0 Å². The molecule has 0 saturated carbocycles. The summed E-state index contributed by atoms with van der Waals surface area (Å²) in [5, 5.41) is 4.82. The Balaban J connectivity index is 1.36. The molecule has 0 bridgehead atoms. The number of hydrogen-bond donors (Lipinski definition) is 1. The Morgan fingerprint density at radius 1 is 1.30 bits per heavy atom. The van der Waals surface area contributed by atoms with Gasteiger partial charge in [-0.05, 0) is 23.1 Å².